The quantitative estimate of drug-likeness (QED) is 0.584. The Morgan fingerprint density at radius 1 is 1.03 bits per heavy atom. The Hall–Kier alpha value is -2.79. The van der Waals surface area contributed by atoms with Crippen LogP contribution in [0, 0.1) is 13.8 Å². The van der Waals surface area contributed by atoms with E-state index in [9.17, 15) is 13.2 Å². The van der Waals surface area contributed by atoms with E-state index in [2.05, 4.69) is 10.4 Å². The first-order chi connectivity index (χ1) is 15.7. The van der Waals surface area contributed by atoms with Crippen molar-refractivity contribution in [1.29, 1.82) is 0 Å². The standard InChI is InChI=1S/C22H32N4O6S/c1-15-22(33(28,29)25-9-7-6-8-10-25)16(2)26(24-15)14-20(27)23-13-17-11-18(30-3)21(32-5)19(12-17)31-4/h11-12H,6-10,13-14H2,1-5H3,(H,23,27). The van der Waals surface area contributed by atoms with E-state index in [0.717, 1.165) is 24.8 Å². The highest BCUT2D eigenvalue weighted by atomic mass is 32.2. The van der Waals surface area contributed by atoms with Crippen molar-refractivity contribution in [3.8, 4) is 17.2 Å². The monoisotopic (exact) mass is 480 g/mol. The van der Waals surface area contributed by atoms with Crippen LogP contribution in [-0.4, -0.2) is 62.8 Å². The van der Waals surface area contributed by atoms with E-state index < -0.39 is 10.0 Å². The molecular formula is C22H32N4O6S. The first-order valence-corrected chi connectivity index (χ1v) is 12.3. The fraction of sp³-hybridized carbons (Fsp3) is 0.545. The Kier molecular flexibility index (Phi) is 7.85. The molecular weight excluding hydrogens is 448 g/mol. The van der Waals surface area contributed by atoms with Crippen molar-refractivity contribution in [2.24, 2.45) is 0 Å². The Labute approximate surface area is 194 Å². The fourth-order valence-electron chi connectivity index (χ4n) is 4.07. The van der Waals surface area contributed by atoms with Gasteiger partial charge in [0.25, 0.3) is 0 Å². The van der Waals surface area contributed by atoms with Crippen LogP contribution in [0.2, 0.25) is 0 Å². The molecule has 0 aliphatic carbocycles. The lowest BCUT2D eigenvalue weighted by Gasteiger charge is -2.25. The van der Waals surface area contributed by atoms with Crippen molar-refractivity contribution >= 4 is 15.9 Å². The number of nitrogens with one attached hydrogen (secondary N) is 1. The molecule has 1 aliphatic rings. The van der Waals surface area contributed by atoms with Crippen LogP contribution in [-0.2, 0) is 27.9 Å². The molecule has 11 heteroatoms. The van der Waals surface area contributed by atoms with E-state index in [1.54, 1.807) is 26.0 Å². The van der Waals surface area contributed by atoms with Gasteiger partial charge in [0, 0.05) is 19.6 Å². The maximum atomic E-state index is 13.1. The summed E-state index contributed by atoms with van der Waals surface area (Å²) in [5.74, 6) is 1.16. The fourth-order valence-corrected chi connectivity index (χ4v) is 5.96. The van der Waals surface area contributed by atoms with Gasteiger partial charge < -0.3 is 19.5 Å². The number of hydrogen-bond acceptors (Lipinski definition) is 7. The molecule has 1 fully saturated rings. The molecule has 0 spiro atoms. The van der Waals surface area contributed by atoms with Crippen LogP contribution < -0.4 is 19.5 Å². The summed E-state index contributed by atoms with van der Waals surface area (Å²) < 4.78 is 45.3. The number of carbonyl (C=O) groups excluding carboxylic acids is 1. The lowest BCUT2D eigenvalue weighted by Crippen LogP contribution is -2.36. The molecule has 1 N–H and O–H groups in total. The van der Waals surface area contributed by atoms with Gasteiger partial charge in [0.2, 0.25) is 21.7 Å². The number of amides is 1. The van der Waals surface area contributed by atoms with Crippen LogP contribution >= 0.6 is 0 Å². The van der Waals surface area contributed by atoms with Gasteiger partial charge in [-0.1, -0.05) is 6.42 Å². The summed E-state index contributed by atoms with van der Waals surface area (Å²) in [7, 11) is 0.938. The van der Waals surface area contributed by atoms with Crippen molar-refractivity contribution in [2.45, 2.75) is 51.1 Å². The minimum Gasteiger partial charge on any atom is -0.493 e. The van der Waals surface area contributed by atoms with Crippen LogP contribution in [0.25, 0.3) is 0 Å². The maximum Gasteiger partial charge on any atom is 0.246 e. The van der Waals surface area contributed by atoms with Gasteiger partial charge >= 0.3 is 0 Å². The second-order valence-corrected chi connectivity index (χ2v) is 9.81. The Bertz CT molecular complexity index is 1080. The van der Waals surface area contributed by atoms with Crippen LogP contribution in [0.5, 0.6) is 17.2 Å². The van der Waals surface area contributed by atoms with Gasteiger partial charge in [-0.05, 0) is 44.4 Å². The lowest BCUT2D eigenvalue weighted by molar-refractivity contribution is -0.122. The van der Waals surface area contributed by atoms with E-state index in [1.165, 1.54) is 30.3 Å². The first kappa shape index (κ1) is 24.8. The summed E-state index contributed by atoms with van der Waals surface area (Å²) in [6, 6.07) is 3.52. The van der Waals surface area contributed by atoms with E-state index in [0.29, 0.717) is 41.7 Å². The van der Waals surface area contributed by atoms with Crippen molar-refractivity contribution in [3.63, 3.8) is 0 Å². The molecule has 10 nitrogen and oxygen atoms in total. The molecule has 1 aliphatic heterocycles. The van der Waals surface area contributed by atoms with Gasteiger partial charge in [-0.15, -0.1) is 0 Å². The molecule has 1 aromatic carbocycles. The van der Waals surface area contributed by atoms with Gasteiger partial charge in [-0.25, -0.2) is 8.42 Å². The summed E-state index contributed by atoms with van der Waals surface area (Å²) in [6.07, 6.45) is 2.75. The average molecular weight is 481 g/mol. The largest absolute Gasteiger partial charge is 0.493 e. The maximum absolute atomic E-state index is 13.1. The smallest absolute Gasteiger partial charge is 0.246 e. The van der Waals surface area contributed by atoms with Gasteiger partial charge in [-0.3, -0.25) is 9.48 Å². The van der Waals surface area contributed by atoms with E-state index >= 15 is 0 Å². The molecule has 33 heavy (non-hydrogen) atoms. The Morgan fingerprint density at radius 3 is 2.18 bits per heavy atom. The second-order valence-electron chi connectivity index (χ2n) is 7.93. The number of benzene rings is 1. The number of rotatable bonds is 9. The van der Waals surface area contributed by atoms with Crippen molar-refractivity contribution in [1.82, 2.24) is 19.4 Å². The SMILES string of the molecule is COc1cc(CNC(=O)Cn2nc(C)c(S(=O)(=O)N3CCCCC3)c2C)cc(OC)c1OC. The highest BCUT2D eigenvalue weighted by molar-refractivity contribution is 7.89. The van der Waals surface area contributed by atoms with Crippen LogP contribution in [0.15, 0.2) is 17.0 Å². The predicted octanol–water partition coefficient (Wildman–Crippen LogP) is 2.02. The number of carbonyl (C=O) groups is 1. The van der Waals surface area contributed by atoms with Crippen molar-refractivity contribution in [2.75, 3.05) is 34.4 Å². The molecule has 2 aromatic rings. The molecule has 0 radical (unpaired) electrons. The molecule has 3 rings (SSSR count). The second kappa shape index (κ2) is 10.4. The zero-order valence-corrected chi connectivity index (χ0v) is 20.6. The Balaban J connectivity index is 1.72. The molecule has 1 aromatic heterocycles. The normalized spacial score (nSPS) is 14.7. The van der Waals surface area contributed by atoms with Gasteiger partial charge in [0.1, 0.15) is 11.4 Å². The molecule has 182 valence electrons. The third-order valence-corrected chi connectivity index (χ3v) is 7.89. The summed E-state index contributed by atoms with van der Waals surface area (Å²) in [6.45, 7) is 4.52. The highest BCUT2D eigenvalue weighted by Gasteiger charge is 2.32. The number of methoxy groups -OCH3 is 3. The van der Waals surface area contributed by atoms with E-state index in [-0.39, 0.29) is 23.9 Å². The zero-order chi connectivity index (χ0) is 24.2. The number of sulfonamides is 1. The zero-order valence-electron chi connectivity index (χ0n) is 19.8. The van der Waals surface area contributed by atoms with Crippen LogP contribution in [0.3, 0.4) is 0 Å². The van der Waals surface area contributed by atoms with Gasteiger partial charge in [-0.2, -0.15) is 9.40 Å². The predicted molar refractivity (Wildman–Crippen MR) is 122 cm³/mol. The van der Waals surface area contributed by atoms with Crippen LogP contribution in [0.4, 0.5) is 0 Å². The molecule has 0 atom stereocenters. The average Bonchev–Trinajstić information content (AvgIpc) is 3.10. The van der Waals surface area contributed by atoms with Crippen molar-refractivity contribution < 1.29 is 27.4 Å². The summed E-state index contributed by atoms with van der Waals surface area (Å²) in [4.78, 5) is 12.8. The third-order valence-electron chi connectivity index (χ3n) is 5.74. The minimum absolute atomic E-state index is 0.0907. The van der Waals surface area contributed by atoms with E-state index in [1.807, 2.05) is 0 Å². The molecule has 0 bridgehead atoms. The molecule has 0 saturated carbocycles. The molecule has 1 saturated heterocycles. The number of nitrogens with zero attached hydrogens (tertiary/aromatic N) is 3. The number of hydrogen-bond donors (Lipinski definition) is 1. The van der Waals surface area contributed by atoms with Gasteiger partial charge in [0.05, 0.1) is 32.7 Å². The van der Waals surface area contributed by atoms with Crippen molar-refractivity contribution in [3.05, 3.63) is 29.1 Å². The number of aryl methyl sites for hydroxylation is 1. The summed E-state index contributed by atoms with van der Waals surface area (Å²) in [5.41, 5.74) is 1.62. The summed E-state index contributed by atoms with van der Waals surface area (Å²) >= 11 is 0. The topological polar surface area (TPSA) is 112 Å². The third kappa shape index (κ3) is 5.25. The van der Waals surface area contributed by atoms with E-state index in [4.69, 9.17) is 14.2 Å². The highest BCUT2D eigenvalue weighted by Crippen LogP contribution is 2.38. The molecule has 2 heterocycles. The summed E-state index contributed by atoms with van der Waals surface area (Å²) in [5, 5.41) is 7.17. The van der Waals surface area contributed by atoms with Gasteiger partial charge in [0.15, 0.2) is 11.5 Å². The molecule has 0 unspecified atom stereocenters. The van der Waals surface area contributed by atoms with Crippen LogP contribution in [0.1, 0.15) is 36.2 Å². The Morgan fingerprint density at radius 2 is 1.64 bits per heavy atom. The number of piperidine rings is 1. The number of ether oxygens (including phenoxy) is 3. The number of aromatic nitrogens is 2. The first-order valence-electron chi connectivity index (χ1n) is 10.8. The molecule has 1 amide bonds. The lowest BCUT2D eigenvalue weighted by atomic mass is 10.1. The minimum atomic E-state index is -3.64.